The van der Waals surface area contributed by atoms with Gasteiger partial charge in [0.15, 0.2) is 0 Å². The van der Waals surface area contributed by atoms with Crippen molar-refractivity contribution < 1.29 is 48.0 Å². The van der Waals surface area contributed by atoms with Crippen LogP contribution in [0.3, 0.4) is 0 Å². The van der Waals surface area contributed by atoms with Gasteiger partial charge < -0.3 is 53.2 Å². The highest BCUT2D eigenvalue weighted by molar-refractivity contribution is 7.94. The smallest absolute Gasteiger partial charge is 0.295 e. The fraction of sp³-hybridized carbons (Fsp3) is 0.412. The van der Waals surface area contributed by atoms with E-state index in [9.17, 15) is 33.4 Å². The molecule has 0 unspecified atom stereocenters. The summed E-state index contributed by atoms with van der Waals surface area (Å²) in [5.41, 5.74) is 13.1. The van der Waals surface area contributed by atoms with Crippen LogP contribution in [0.4, 0.5) is 47.1 Å². The van der Waals surface area contributed by atoms with Gasteiger partial charge in [-0.1, -0.05) is 29.3 Å². The molecule has 0 atom stereocenters. The Hall–Kier alpha value is -5.10. The maximum Gasteiger partial charge on any atom is 0.295 e. The number of aliphatic hydroxyl groups excluding tert-OH is 4. The molecular formula is C34H50N14O10S2. The van der Waals surface area contributed by atoms with Gasteiger partial charge in [-0.15, -0.1) is 4.33 Å². The molecule has 2 aromatic heterocycles. The highest BCUT2D eigenvalue weighted by Crippen LogP contribution is 2.31. The summed E-state index contributed by atoms with van der Waals surface area (Å²) in [4.78, 5) is 28.8. The van der Waals surface area contributed by atoms with Crippen molar-refractivity contribution in [3.63, 3.8) is 0 Å². The average molecular weight is 879 g/mol. The zero-order chi connectivity index (χ0) is 43.3. The topological polar surface area (TPSA) is 358 Å². The van der Waals surface area contributed by atoms with Gasteiger partial charge in [-0.2, -0.15) is 38.3 Å². The van der Waals surface area contributed by atoms with Crippen LogP contribution in [0.2, 0.25) is 0 Å². The second kappa shape index (κ2) is 24.9. The van der Waals surface area contributed by atoms with Gasteiger partial charge in [0.25, 0.3) is 10.1 Å². The van der Waals surface area contributed by atoms with E-state index in [-0.39, 0.29) is 73.4 Å². The maximum absolute atomic E-state index is 12.5. The summed E-state index contributed by atoms with van der Waals surface area (Å²) in [6.07, 6.45) is 4.30. The lowest BCUT2D eigenvalue weighted by molar-refractivity contribution is -0.432. The van der Waals surface area contributed by atoms with E-state index in [1.807, 2.05) is 9.80 Å². The Morgan fingerprint density at radius 2 is 1.10 bits per heavy atom. The normalized spacial score (nSPS) is 11.8. The number of nitrogens with two attached hydrogens (primary N) is 2. The van der Waals surface area contributed by atoms with Crippen LogP contribution in [-0.4, -0.2) is 157 Å². The van der Waals surface area contributed by atoms with Crippen molar-refractivity contribution in [2.75, 3.05) is 112 Å². The predicted octanol–water partition coefficient (Wildman–Crippen LogP) is 0.731. The first kappa shape index (κ1) is 47.6. The van der Waals surface area contributed by atoms with Gasteiger partial charge in [0.05, 0.1) is 38.5 Å². The second-order valence-electron chi connectivity index (χ2n) is 12.6. The first-order chi connectivity index (χ1) is 28.9. The summed E-state index contributed by atoms with van der Waals surface area (Å²) < 4.78 is 39.9. The minimum atomic E-state index is -4.75. The van der Waals surface area contributed by atoms with Crippen LogP contribution in [0.15, 0.2) is 46.2 Å². The minimum absolute atomic E-state index is 0.00208. The lowest BCUT2D eigenvalue weighted by Gasteiger charge is -2.19. The van der Waals surface area contributed by atoms with Crippen molar-refractivity contribution in [1.82, 2.24) is 39.7 Å². The zero-order valence-corrected chi connectivity index (χ0v) is 34.0. The molecule has 14 N–H and O–H groups in total. The molecule has 0 aliphatic heterocycles. The molecule has 0 saturated heterocycles. The van der Waals surface area contributed by atoms with Crippen LogP contribution in [0.1, 0.15) is 24.0 Å². The fourth-order valence-electron chi connectivity index (χ4n) is 5.58. The summed E-state index contributed by atoms with van der Waals surface area (Å²) in [5, 5.41) is 61.5. The maximum atomic E-state index is 12.5. The van der Waals surface area contributed by atoms with Crippen LogP contribution < -0.4 is 32.7 Å². The van der Waals surface area contributed by atoms with Crippen LogP contribution >= 0.6 is 12.0 Å². The molecule has 0 saturated carbocycles. The van der Waals surface area contributed by atoms with Crippen molar-refractivity contribution in [3.8, 4) is 0 Å². The van der Waals surface area contributed by atoms with Crippen molar-refractivity contribution in [1.29, 1.82) is 0 Å². The third kappa shape index (κ3) is 16.2. The van der Waals surface area contributed by atoms with Gasteiger partial charge in [-0.25, -0.2) is 5.26 Å². The van der Waals surface area contributed by atoms with E-state index in [1.165, 1.54) is 24.3 Å². The monoisotopic (exact) mass is 878 g/mol. The molecule has 0 amide bonds. The van der Waals surface area contributed by atoms with Crippen molar-refractivity contribution in [2.45, 2.75) is 22.6 Å². The van der Waals surface area contributed by atoms with E-state index in [1.54, 1.807) is 24.3 Å². The van der Waals surface area contributed by atoms with Gasteiger partial charge in [0, 0.05) is 55.5 Å². The first-order valence-corrected chi connectivity index (χ1v) is 20.6. The number of nitrogens with zero attached hydrogens (tertiary/aromatic N) is 8. The van der Waals surface area contributed by atoms with Crippen LogP contribution in [0.25, 0.3) is 12.2 Å². The van der Waals surface area contributed by atoms with Crippen LogP contribution in [-0.2, 0) is 19.5 Å². The number of aliphatic hydroxyl groups is 4. The van der Waals surface area contributed by atoms with E-state index in [4.69, 9.17) is 21.1 Å². The highest BCUT2D eigenvalue weighted by Gasteiger charge is 2.17. The van der Waals surface area contributed by atoms with Crippen molar-refractivity contribution in [2.24, 2.45) is 0 Å². The minimum Gasteiger partial charge on any atom is -0.395 e. The molecule has 2 heterocycles. The molecule has 4 aromatic rings. The van der Waals surface area contributed by atoms with Gasteiger partial charge in [-0.3, -0.25) is 14.4 Å². The summed E-state index contributed by atoms with van der Waals surface area (Å²) in [6, 6.07) is 9.10. The van der Waals surface area contributed by atoms with E-state index < -0.39 is 15.0 Å². The Morgan fingerprint density at radius 1 is 0.650 bits per heavy atom. The van der Waals surface area contributed by atoms with Gasteiger partial charge in [0.1, 0.15) is 4.90 Å². The number of hydrogen-bond donors (Lipinski definition) is 12. The van der Waals surface area contributed by atoms with Crippen LogP contribution in [0, 0.1) is 0 Å². The Balaban J connectivity index is 1.46. The van der Waals surface area contributed by atoms with Gasteiger partial charge in [-0.05, 0) is 61.3 Å². The summed E-state index contributed by atoms with van der Waals surface area (Å²) >= 11 is 0.641. The number of aromatic nitrogens is 6. The molecule has 4 rings (SSSR count). The number of rotatable bonds is 28. The number of hydrogen-bond acceptors (Lipinski definition) is 24. The van der Waals surface area contributed by atoms with Gasteiger partial charge in [0.2, 0.25) is 35.7 Å². The van der Waals surface area contributed by atoms with E-state index in [0.717, 1.165) is 0 Å². The molecule has 0 spiro atoms. The molecule has 328 valence electrons. The molecular weight excluding hydrogens is 829 g/mol. The summed E-state index contributed by atoms with van der Waals surface area (Å²) in [6.45, 7) is 3.79. The molecule has 24 nitrogen and oxygen atoms in total. The van der Waals surface area contributed by atoms with Crippen molar-refractivity contribution in [3.05, 3.63) is 47.5 Å². The third-order valence-corrected chi connectivity index (χ3v) is 9.82. The SMILES string of the molecule is Nc1nc(NCCCN(CCO)CCO)nc(Nc2ccc(C=Cc3ccc(Nc4nc(N)nc(NCCCN(CCO)CCO)n4)cc3S(=O)(=O)O)c(SOOO)c2)n1. The Kier molecular flexibility index (Phi) is 19.7. The number of anilines is 8. The lowest BCUT2D eigenvalue weighted by Crippen LogP contribution is -2.31. The second-order valence-corrected chi connectivity index (χ2v) is 14.7. The molecule has 0 aliphatic carbocycles. The average Bonchev–Trinajstić information content (AvgIpc) is 3.20. The largest absolute Gasteiger partial charge is 0.395 e. The molecule has 0 fully saturated rings. The van der Waals surface area contributed by atoms with E-state index in [2.05, 4.69) is 56.2 Å². The third-order valence-electron chi connectivity index (χ3n) is 8.25. The fourth-order valence-corrected chi connectivity index (χ4v) is 6.80. The highest BCUT2D eigenvalue weighted by atomic mass is 32.2. The first-order valence-electron chi connectivity index (χ1n) is 18.5. The van der Waals surface area contributed by atoms with Crippen LogP contribution in [0.5, 0.6) is 0 Å². The lowest BCUT2D eigenvalue weighted by atomic mass is 10.1. The zero-order valence-electron chi connectivity index (χ0n) is 32.4. The summed E-state index contributed by atoms with van der Waals surface area (Å²) in [5.74, 6) is 0.324. The molecule has 60 heavy (non-hydrogen) atoms. The van der Waals surface area contributed by atoms with Crippen molar-refractivity contribution >= 4 is 81.4 Å². The van der Waals surface area contributed by atoms with E-state index >= 15 is 0 Å². The Morgan fingerprint density at radius 3 is 1.57 bits per heavy atom. The summed E-state index contributed by atoms with van der Waals surface area (Å²) in [7, 11) is -4.75. The molecule has 2 aromatic carbocycles. The number of benzene rings is 2. The van der Waals surface area contributed by atoms with Gasteiger partial charge >= 0.3 is 0 Å². The quantitative estimate of drug-likeness (QED) is 0.00934. The molecule has 0 bridgehead atoms. The Labute approximate surface area is 349 Å². The number of nitrogens with one attached hydrogen (secondary N) is 4. The predicted molar refractivity (Wildman–Crippen MR) is 225 cm³/mol. The molecule has 26 heteroatoms. The molecule has 0 radical (unpaired) electrons. The Bertz CT molecular complexity index is 2080. The molecule has 0 aliphatic rings. The standard InChI is InChI=1S/C34H50N14O10S2/c35-29-41-31(37-9-1-11-47(13-17-49)14-18-50)45-33(43-29)39-25-7-5-23(27(21-25)59-58-57-53)3-4-24-6-8-26(22-28(24)60(54,55)56)40-34-44-30(36)42-32(46-34)38-10-2-12-48(15-19-51)16-20-52/h3-8,21-22,49-53H,1-2,9-20H2,(H,54,55,56)(H4,35,37,39,41,43,45)(H4,36,38,40,42,44,46). The number of nitrogen functional groups attached to an aromatic ring is 2. The van der Waals surface area contributed by atoms with E-state index in [0.29, 0.717) is 93.4 Å².